The van der Waals surface area contributed by atoms with Crippen LogP contribution in [-0.4, -0.2) is 6.04 Å². The van der Waals surface area contributed by atoms with Gasteiger partial charge in [-0.2, -0.15) is 13.2 Å². The largest absolute Gasteiger partial charge is 0.416 e. The first-order valence-electron chi connectivity index (χ1n) is 7.22. The Hall–Kier alpha value is -0.710. The molecule has 118 valence electrons. The van der Waals surface area contributed by atoms with Gasteiger partial charge in [0.15, 0.2) is 0 Å². The number of benzene rings is 1. The van der Waals surface area contributed by atoms with Gasteiger partial charge in [-0.25, -0.2) is 0 Å². The zero-order valence-electron chi connectivity index (χ0n) is 12.5. The Kier molecular flexibility index (Phi) is 4.62. The highest BCUT2D eigenvalue weighted by Crippen LogP contribution is 2.41. The van der Waals surface area contributed by atoms with E-state index >= 15 is 0 Å². The Bertz CT molecular complexity index is 511. The molecule has 2 unspecified atom stereocenters. The molecule has 1 aromatic carbocycles. The Balaban J connectivity index is 2.16. The van der Waals surface area contributed by atoms with Crippen LogP contribution in [0.5, 0.6) is 0 Å². The lowest BCUT2D eigenvalue weighted by molar-refractivity contribution is -0.137. The average Bonchev–Trinajstić information content (AvgIpc) is 2.33. The van der Waals surface area contributed by atoms with Crippen molar-refractivity contribution in [2.45, 2.75) is 52.3 Å². The average molecular weight is 364 g/mol. The lowest BCUT2D eigenvalue weighted by Gasteiger charge is -2.40. The number of anilines is 1. The standard InChI is InChI=1S/C16H21BrF3N/c1-10-9-15(2,3)7-6-13(10)21-14-8-11(16(18,19)20)4-5-12(14)17/h4-5,8,10,13,21H,6-7,9H2,1-3H3. The number of alkyl halides is 3. The molecule has 0 saturated heterocycles. The summed E-state index contributed by atoms with van der Waals surface area (Å²) in [5, 5.41) is 3.30. The second-order valence-corrected chi connectivity index (χ2v) is 7.68. The number of nitrogens with one attached hydrogen (secondary N) is 1. The molecule has 0 bridgehead atoms. The number of rotatable bonds is 2. The van der Waals surface area contributed by atoms with E-state index in [0.29, 0.717) is 21.5 Å². The third-order valence-electron chi connectivity index (χ3n) is 4.33. The molecule has 1 aliphatic rings. The number of hydrogen-bond acceptors (Lipinski definition) is 1. The van der Waals surface area contributed by atoms with Crippen molar-refractivity contribution in [2.24, 2.45) is 11.3 Å². The van der Waals surface area contributed by atoms with Gasteiger partial charge in [0.1, 0.15) is 0 Å². The zero-order chi connectivity index (χ0) is 15.8. The van der Waals surface area contributed by atoms with Crippen molar-refractivity contribution in [2.75, 3.05) is 5.32 Å². The highest BCUT2D eigenvalue weighted by atomic mass is 79.9. The lowest BCUT2D eigenvalue weighted by Crippen LogP contribution is -2.37. The van der Waals surface area contributed by atoms with Crippen LogP contribution in [0.4, 0.5) is 18.9 Å². The van der Waals surface area contributed by atoms with Gasteiger partial charge >= 0.3 is 6.18 Å². The van der Waals surface area contributed by atoms with Crippen LogP contribution < -0.4 is 5.32 Å². The van der Waals surface area contributed by atoms with E-state index in [1.54, 1.807) is 0 Å². The van der Waals surface area contributed by atoms with Crippen LogP contribution in [0.3, 0.4) is 0 Å². The second-order valence-electron chi connectivity index (χ2n) is 6.83. The maximum Gasteiger partial charge on any atom is 0.416 e. The molecule has 0 spiro atoms. The molecule has 21 heavy (non-hydrogen) atoms. The molecule has 1 aliphatic carbocycles. The normalized spacial score (nSPS) is 25.7. The molecular weight excluding hydrogens is 343 g/mol. The minimum atomic E-state index is -4.31. The maximum absolute atomic E-state index is 12.8. The fourth-order valence-electron chi connectivity index (χ4n) is 3.17. The molecule has 0 radical (unpaired) electrons. The van der Waals surface area contributed by atoms with Crippen LogP contribution in [0.25, 0.3) is 0 Å². The lowest BCUT2D eigenvalue weighted by atomic mass is 9.70. The van der Waals surface area contributed by atoms with Gasteiger partial charge in [0.05, 0.1) is 5.56 Å². The van der Waals surface area contributed by atoms with Crippen molar-refractivity contribution in [3.8, 4) is 0 Å². The van der Waals surface area contributed by atoms with Gasteiger partial charge in [0, 0.05) is 16.2 Å². The van der Waals surface area contributed by atoms with Crippen LogP contribution in [0, 0.1) is 11.3 Å². The predicted molar refractivity (Wildman–Crippen MR) is 83.4 cm³/mol. The third kappa shape index (κ3) is 4.15. The summed E-state index contributed by atoms with van der Waals surface area (Å²) in [6, 6.07) is 3.97. The fraction of sp³-hybridized carbons (Fsp3) is 0.625. The van der Waals surface area contributed by atoms with E-state index in [2.05, 4.69) is 42.0 Å². The molecule has 2 atom stereocenters. The van der Waals surface area contributed by atoms with Crippen LogP contribution in [0.15, 0.2) is 22.7 Å². The highest BCUT2D eigenvalue weighted by molar-refractivity contribution is 9.10. The number of halogens is 4. The van der Waals surface area contributed by atoms with Crippen molar-refractivity contribution in [3.63, 3.8) is 0 Å². The van der Waals surface area contributed by atoms with Crippen LogP contribution in [-0.2, 0) is 6.18 Å². The van der Waals surface area contributed by atoms with E-state index in [9.17, 15) is 13.2 Å². The van der Waals surface area contributed by atoms with E-state index in [-0.39, 0.29) is 6.04 Å². The molecule has 2 rings (SSSR count). The molecule has 1 nitrogen and oxygen atoms in total. The summed E-state index contributed by atoms with van der Waals surface area (Å²) in [6.45, 7) is 6.67. The Morgan fingerprint density at radius 3 is 2.52 bits per heavy atom. The summed E-state index contributed by atoms with van der Waals surface area (Å²) < 4.78 is 39.1. The number of hydrogen-bond donors (Lipinski definition) is 1. The maximum atomic E-state index is 12.8. The summed E-state index contributed by atoms with van der Waals surface area (Å²) in [5.41, 5.74) is 0.237. The molecule has 0 amide bonds. The predicted octanol–water partition coefficient (Wildman–Crippen LogP) is 6.09. The van der Waals surface area contributed by atoms with Gasteiger partial charge in [0.2, 0.25) is 0 Å². The Labute approximate surface area is 132 Å². The molecule has 1 saturated carbocycles. The minimum absolute atomic E-state index is 0.220. The minimum Gasteiger partial charge on any atom is -0.381 e. The van der Waals surface area contributed by atoms with Gasteiger partial charge in [-0.05, 0) is 64.7 Å². The van der Waals surface area contributed by atoms with Crippen LogP contribution in [0.1, 0.15) is 45.6 Å². The first-order chi connectivity index (χ1) is 9.58. The smallest absolute Gasteiger partial charge is 0.381 e. The van der Waals surface area contributed by atoms with Crippen molar-refractivity contribution < 1.29 is 13.2 Å². The van der Waals surface area contributed by atoms with Crippen molar-refractivity contribution in [1.82, 2.24) is 0 Å². The molecule has 1 N–H and O–H groups in total. The molecule has 0 aliphatic heterocycles. The molecule has 1 fully saturated rings. The van der Waals surface area contributed by atoms with Gasteiger partial charge in [-0.15, -0.1) is 0 Å². The summed E-state index contributed by atoms with van der Waals surface area (Å²) in [6.07, 6.45) is -1.15. The molecule has 1 aromatic rings. The van der Waals surface area contributed by atoms with Gasteiger partial charge in [-0.3, -0.25) is 0 Å². The van der Waals surface area contributed by atoms with E-state index < -0.39 is 11.7 Å². The first kappa shape index (κ1) is 16.7. The third-order valence-corrected chi connectivity index (χ3v) is 5.02. The van der Waals surface area contributed by atoms with Gasteiger partial charge in [0.25, 0.3) is 0 Å². The van der Waals surface area contributed by atoms with Crippen molar-refractivity contribution >= 4 is 21.6 Å². The van der Waals surface area contributed by atoms with Crippen molar-refractivity contribution in [1.29, 1.82) is 0 Å². The SMILES string of the molecule is CC1CC(C)(C)CCC1Nc1cc(C(F)(F)F)ccc1Br. The molecule has 0 heterocycles. The van der Waals surface area contributed by atoms with E-state index in [4.69, 9.17) is 0 Å². The van der Waals surface area contributed by atoms with Gasteiger partial charge < -0.3 is 5.32 Å². The summed E-state index contributed by atoms with van der Waals surface area (Å²) in [7, 11) is 0. The summed E-state index contributed by atoms with van der Waals surface area (Å²) >= 11 is 3.34. The fourth-order valence-corrected chi connectivity index (χ4v) is 3.53. The molecule has 5 heteroatoms. The van der Waals surface area contributed by atoms with Crippen LogP contribution >= 0.6 is 15.9 Å². The summed E-state index contributed by atoms with van der Waals surface area (Å²) in [5.74, 6) is 0.440. The van der Waals surface area contributed by atoms with Crippen LogP contribution in [0.2, 0.25) is 0 Å². The highest BCUT2D eigenvalue weighted by Gasteiger charge is 2.34. The Morgan fingerprint density at radius 2 is 1.95 bits per heavy atom. The first-order valence-corrected chi connectivity index (χ1v) is 8.01. The van der Waals surface area contributed by atoms with E-state index in [0.717, 1.165) is 25.3 Å². The molecular formula is C16H21BrF3N. The summed E-state index contributed by atoms with van der Waals surface area (Å²) in [4.78, 5) is 0. The zero-order valence-corrected chi connectivity index (χ0v) is 14.1. The van der Waals surface area contributed by atoms with Gasteiger partial charge in [-0.1, -0.05) is 20.8 Å². The van der Waals surface area contributed by atoms with E-state index in [1.807, 2.05) is 0 Å². The second kappa shape index (κ2) is 5.82. The monoisotopic (exact) mass is 363 g/mol. The van der Waals surface area contributed by atoms with E-state index in [1.165, 1.54) is 12.1 Å². The Morgan fingerprint density at radius 1 is 1.29 bits per heavy atom. The molecule has 0 aromatic heterocycles. The van der Waals surface area contributed by atoms with Crippen molar-refractivity contribution in [3.05, 3.63) is 28.2 Å². The topological polar surface area (TPSA) is 12.0 Å². The quantitative estimate of drug-likeness (QED) is 0.669.